The predicted octanol–water partition coefficient (Wildman–Crippen LogP) is 3.92. The second-order valence-corrected chi connectivity index (χ2v) is 10.1. The molecule has 2 fully saturated rings. The Balaban J connectivity index is 2.10. The number of ketones is 2. The number of aliphatic hydroxyl groups excluding tert-OH is 2. The van der Waals surface area contributed by atoms with Crippen molar-refractivity contribution < 1.29 is 19.8 Å². The van der Waals surface area contributed by atoms with Crippen LogP contribution in [0.1, 0.15) is 86.0 Å². The van der Waals surface area contributed by atoms with Gasteiger partial charge in [-0.05, 0) is 48.9 Å². The van der Waals surface area contributed by atoms with Gasteiger partial charge in [-0.2, -0.15) is 0 Å². The molecular weight excluding hydrogens is 328 g/mol. The average Bonchev–Trinajstić information content (AvgIpc) is 3.14. The quantitative estimate of drug-likeness (QED) is 0.681. The summed E-state index contributed by atoms with van der Waals surface area (Å²) in [6, 6.07) is 0. The van der Waals surface area contributed by atoms with Crippen molar-refractivity contribution in [1.29, 1.82) is 0 Å². The predicted molar refractivity (Wildman–Crippen MR) is 103 cm³/mol. The molecule has 4 nitrogen and oxygen atoms in total. The van der Waals surface area contributed by atoms with Crippen LogP contribution in [0.2, 0.25) is 0 Å². The third-order valence-electron chi connectivity index (χ3n) is 7.23. The molecule has 0 heterocycles. The number of aliphatic hydroxyl groups is 2. The van der Waals surface area contributed by atoms with E-state index in [1.807, 2.05) is 6.92 Å². The maximum absolute atomic E-state index is 12.6. The number of carbonyl (C=O) groups is 2. The van der Waals surface area contributed by atoms with E-state index in [2.05, 4.69) is 13.8 Å². The summed E-state index contributed by atoms with van der Waals surface area (Å²) in [5.41, 5.74) is -0.623. The molecule has 150 valence electrons. The van der Waals surface area contributed by atoms with Gasteiger partial charge in [-0.1, -0.05) is 41.0 Å². The highest BCUT2D eigenvalue weighted by Crippen LogP contribution is 2.58. The van der Waals surface area contributed by atoms with E-state index in [1.54, 1.807) is 13.8 Å². The number of hydrogen-bond donors (Lipinski definition) is 2. The summed E-state index contributed by atoms with van der Waals surface area (Å²) >= 11 is 0. The molecule has 0 amide bonds. The van der Waals surface area contributed by atoms with Crippen molar-refractivity contribution in [3.05, 3.63) is 0 Å². The smallest absolute Gasteiger partial charge is 0.143 e. The van der Waals surface area contributed by atoms with E-state index in [4.69, 9.17) is 0 Å². The van der Waals surface area contributed by atoms with Crippen LogP contribution in [-0.4, -0.2) is 34.0 Å². The minimum atomic E-state index is -1.01. The van der Waals surface area contributed by atoms with Gasteiger partial charge in [-0.25, -0.2) is 0 Å². The van der Waals surface area contributed by atoms with Crippen LogP contribution < -0.4 is 0 Å². The van der Waals surface area contributed by atoms with Gasteiger partial charge in [0.15, 0.2) is 0 Å². The molecule has 0 bridgehead atoms. The molecule has 0 saturated heterocycles. The van der Waals surface area contributed by atoms with Gasteiger partial charge in [0, 0.05) is 24.7 Å². The topological polar surface area (TPSA) is 74.6 Å². The Hall–Kier alpha value is -0.740. The van der Waals surface area contributed by atoms with Crippen molar-refractivity contribution in [1.82, 2.24) is 0 Å². The Kier molecular flexibility index (Phi) is 6.71. The van der Waals surface area contributed by atoms with E-state index < -0.39 is 17.6 Å². The van der Waals surface area contributed by atoms with Crippen molar-refractivity contribution in [2.45, 2.75) is 98.2 Å². The van der Waals surface area contributed by atoms with Gasteiger partial charge in [0.2, 0.25) is 0 Å². The molecule has 0 aromatic carbocycles. The molecule has 2 rings (SSSR count). The van der Waals surface area contributed by atoms with E-state index in [9.17, 15) is 19.8 Å². The molecule has 0 spiro atoms. The Labute approximate surface area is 158 Å². The van der Waals surface area contributed by atoms with Gasteiger partial charge >= 0.3 is 0 Å². The fraction of sp³-hybridized carbons (Fsp3) is 0.909. The molecule has 6 atom stereocenters. The first-order valence-corrected chi connectivity index (χ1v) is 10.4. The molecular formula is C22H38O4. The lowest BCUT2D eigenvalue weighted by Crippen LogP contribution is -2.41. The monoisotopic (exact) mass is 366 g/mol. The van der Waals surface area contributed by atoms with E-state index >= 15 is 0 Å². The molecule has 26 heavy (non-hydrogen) atoms. The SMILES string of the molecule is CC1CC(=O)C[C@H](O)C(C)(C)C(=O)C[C@@H](O)[C@@H](C)CCCC2(C)CC2C1. The Morgan fingerprint density at radius 2 is 1.65 bits per heavy atom. The minimum absolute atomic E-state index is 0.0245. The summed E-state index contributed by atoms with van der Waals surface area (Å²) < 4.78 is 0. The van der Waals surface area contributed by atoms with Crippen LogP contribution in [0.4, 0.5) is 0 Å². The normalized spacial score (nSPS) is 43.0. The molecule has 2 N–H and O–H groups in total. The molecule has 4 heteroatoms. The van der Waals surface area contributed by atoms with Crippen molar-refractivity contribution in [2.75, 3.05) is 0 Å². The van der Waals surface area contributed by atoms with Crippen LogP contribution in [0.25, 0.3) is 0 Å². The summed E-state index contributed by atoms with van der Waals surface area (Å²) in [5.74, 6) is 0.970. The molecule has 0 aromatic heterocycles. The zero-order valence-corrected chi connectivity index (χ0v) is 17.3. The molecule has 2 aliphatic carbocycles. The Morgan fingerprint density at radius 1 is 1.00 bits per heavy atom. The molecule has 0 aromatic rings. The van der Waals surface area contributed by atoms with E-state index in [0.717, 1.165) is 25.7 Å². The Bertz CT molecular complexity index is 526. The van der Waals surface area contributed by atoms with Crippen molar-refractivity contribution >= 4 is 11.6 Å². The minimum Gasteiger partial charge on any atom is -0.392 e. The number of fused-ring (bicyclic) bond motifs is 1. The third-order valence-corrected chi connectivity index (χ3v) is 7.23. The number of Topliss-reactive ketones (excluding diaryl/α,β-unsaturated/α-hetero) is 2. The van der Waals surface area contributed by atoms with Gasteiger partial charge in [-0.15, -0.1) is 0 Å². The summed E-state index contributed by atoms with van der Waals surface area (Å²) in [6.07, 6.45) is 4.34. The van der Waals surface area contributed by atoms with E-state index in [0.29, 0.717) is 23.7 Å². The molecule has 3 unspecified atom stereocenters. The second-order valence-electron chi connectivity index (χ2n) is 10.1. The van der Waals surface area contributed by atoms with Crippen molar-refractivity contribution in [3.63, 3.8) is 0 Å². The molecule has 2 aliphatic rings. The van der Waals surface area contributed by atoms with Crippen molar-refractivity contribution in [3.8, 4) is 0 Å². The standard InChI is InChI=1S/C22H38O4/c1-14-9-16-13-22(16,5)8-6-7-15(2)18(24)12-20(26)21(3,4)19(25)11-17(23)10-14/h14-16,18-19,24-25H,6-13H2,1-5H3/t14?,15-,16?,18+,19-,22?/m0/s1. The zero-order chi connectivity index (χ0) is 19.7. The molecule has 0 aliphatic heterocycles. The van der Waals surface area contributed by atoms with Crippen LogP contribution in [0.5, 0.6) is 0 Å². The zero-order valence-electron chi connectivity index (χ0n) is 17.3. The maximum Gasteiger partial charge on any atom is 0.143 e. The lowest BCUT2D eigenvalue weighted by Gasteiger charge is -2.31. The highest BCUT2D eigenvalue weighted by molar-refractivity contribution is 5.86. The van der Waals surface area contributed by atoms with Crippen LogP contribution >= 0.6 is 0 Å². The van der Waals surface area contributed by atoms with E-state index in [-0.39, 0.29) is 30.3 Å². The molecule has 2 saturated carbocycles. The van der Waals surface area contributed by atoms with Gasteiger partial charge in [-0.3, -0.25) is 9.59 Å². The number of hydrogen-bond acceptors (Lipinski definition) is 4. The maximum atomic E-state index is 12.6. The summed E-state index contributed by atoms with van der Waals surface area (Å²) in [4.78, 5) is 25.0. The molecule has 0 radical (unpaired) electrons. The second kappa shape index (κ2) is 8.10. The van der Waals surface area contributed by atoms with Crippen molar-refractivity contribution in [2.24, 2.45) is 28.6 Å². The lowest BCUT2D eigenvalue weighted by atomic mass is 9.76. The summed E-state index contributed by atoms with van der Waals surface area (Å²) in [6.45, 7) is 9.84. The first-order chi connectivity index (χ1) is 12.0. The highest BCUT2D eigenvalue weighted by atomic mass is 16.3. The number of carbonyl (C=O) groups excluding carboxylic acids is 2. The number of rotatable bonds is 0. The summed E-state index contributed by atoms with van der Waals surface area (Å²) in [7, 11) is 0. The van der Waals surface area contributed by atoms with Crippen LogP contribution in [0.3, 0.4) is 0 Å². The van der Waals surface area contributed by atoms with Crippen LogP contribution in [0, 0.1) is 28.6 Å². The highest BCUT2D eigenvalue weighted by Gasteiger charge is 2.49. The first kappa shape index (κ1) is 21.6. The van der Waals surface area contributed by atoms with Gasteiger partial charge in [0.1, 0.15) is 11.6 Å². The fourth-order valence-electron chi connectivity index (χ4n) is 4.55. The van der Waals surface area contributed by atoms with Gasteiger partial charge in [0.05, 0.1) is 12.2 Å². The van der Waals surface area contributed by atoms with E-state index in [1.165, 1.54) is 6.42 Å². The van der Waals surface area contributed by atoms with Gasteiger partial charge in [0.25, 0.3) is 0 Å². The van der Waals surface area contributed by atoms with Crippen LogP contribution in [0.15, 0.2) is 0 Å². The largest absolute Gasteiger partial charge is 0.392 e. The van der Waals surface area contributed by atoms with Gasteiger partial charge < -0.3 is 10.2 Å². The van der Waals surface area contributed by atoms with Crippen LogP contribution in [-0.2, 0) is 9.59 Å². The Morgan fingerprint density at radius 3 is 2.31 bits per heavy atom. The fourth-order valence-corrected chi connectivity index (χ4v) is 4.55. The first-order valence-electron chi connectivity index (χ1n) is 10.4. The summed E-state index contributed by atoms with van der Waals surface area (Å²) in [5, 5.41) is 20.9. The third kappa shape index (κ3) is 5.16. The lowest BCUT2D eigenvalue weighted by molar-refractivity contribution is -0.137. The average molecular weight is 367 g/mol.